The van der Waals surface area contributed by atoms with Crippen LogP contribution >= 0.6 is 0 Å². The molecule has 1 heterocycles. The van der Waals surface area contributed by atoms with Gasteiger partial charge in [-0.05, 0) is 61.7 Å². The number of carbonyl (C=O) groups is 1. The number of fused-ring (bicyclic) bond motifs is 1. The minimum absolute atomic E-state index is 0.0580. The van der Waals surface area contributed by atoms with Crippen molar-refractivity contribution < 1.29 is 14.3 Å². The van der Waals surface area contributed by atoms with Gasteiger partial charge in [-0.2, -0.15) is 0 Å². The second kappa shape index (κ2) is 6.83. The number of nitrogens with zero attached hydrogens (tertiary/aromatic N) is 1. The van der Waals surface area contributed by atoms with E-state index in [-0.39, 0.29) is 5.91 Å². The molecule has 0 saturated carbocycles. The van der Waals surface area contributed by atoms with E-state index in [9.17, 15) is 4.79 Å². The lowest BCUT2D eigenvalue weighted by Crippen LogP contribution is -2.43. The third kappa shape index (κ3) is 3.15. The first-order chi connectivity index (χ1) is 11.6. The van der Waals surface area contributed by atoms with Crippen LogP contribution in [0, 0.1) is 0 Å². The smallest absolute Gasteiger partial charge is 0.267 e. The van der Waals surface area contributed by atoms with Crippen molar-refractivity contribution in [3.8, 4) is 11.5 Å². The van der Waals surface area contributed by atoms with Crippen LogP contribution in [0.5, 0.6) is 11.5 Å². The maximum atomic E-state index is 12.8. The summed E-state index contributed by atoms with van der Waals surface area (Å²) in [7, 11) is 1.61. The normalized spacial score (nSPS) is 14.7. The summed E-state index contributed by atoms with van der Waals surface area (Å²) in [4.78, 5) is 14.6. The third-order valence-electron chi connectivity index (χ3n) is 4.27. The van der Waals surface area contributed by atoms with Gasteiger partial charge in [-0.25, -0.2) is 0 Å². The highest BCUT2D eigenvalue weighted by atomic mass is 16.5. The first-order valence-corrected chi connectivity index (χ1v) is 8.09. The second-order valence-corrected chi connectivity index (χ2v) is 5.87. The SMILES string of the molecule is COc1ccc(OC(C)C(=O)N2CCCc3c(N)cccc32)cc1. The molecule has 2 N–H and O–H groups in total. The number of hydrogen-bond acceptors (Lipinski definition) is 4. The van der Waals surface area contributed by atoms with Crippen molar-refractivity contribution in [2.45, 2.75) is 25.9 Å². The highest BCUT2D eigenvalue weighted by Crippen LogP contribution is 2.32. The van der Waals surface area contributed by atoms with Crippen LogP contribution in [0.4, 0.5) is 11.4 Å². The molecule has 0 fully saturated rings. The Balaban J connectivity index is 1.75. The average Bonchev–Trinajstić information content (AvgIpc) is 2.61. The number of amides is 1. The molecule has 0 aromatic heterocycles. The minimum atomic E-state index is -0.578. The molecule has 0 saturated heterocycles. The Labute approximate surface area is 142 Å². The molecule has 2 aromatic rings. The predicted octanol–water partition coefficient (Wildman–Crippen LogP) is 3.02. The number of hydrogen-bond donors (Lipinski definition) is 1. The Hall–Kier alpha value is -2.69. The van der Waals surface area contributed by atoms with Crippen molar-refractivity contribution in [3.05, 3.63) is 48.0 Å². The Kier molecular flexibility index (Phi) is 4.60. The fraction of sp³-hybridized carbons (Fsp3) is 0.316. The highest BCUT2D eigenvalue weighted by molar-refractivity contribution is 5.98. The van der Waals surface area contributed by atoms with Crippen molar-refractivity contribution in [2.75, 3.05) is 24.3 Å². The zero-order valence-electron chi connectivity index (χ0n) is 14.0. The van der Waals surface area contributed by atoms with Gasteiger partial charge in [-0.15, -0.1) is 0 Å². The van der Waals surface area contributed by atoms with E-state index in [1.54, 1.807) is 31.1 Å². The van der Waals surface area contributed by atoms with Gasteiger partial charge in [0.25, 0.3) is 5.91 Å². The molecule has 24 heavy (non-hydrogen) atoms. The number of nitrogens with two attached hydrogens (primary N) is 1. The lowest BCUT2D eigenvalue weighted by molar-refractivity contribution is -0.124. The van der Waals surface area contributed by atoms with Gasteiger partial charge in [-0.1, -0.05) is 6.07 Å². The predicted molar refractivity (Wildman–Crippen MR) is 94.6 cm³/mol. The summed E-state index contributed by atoms with van der Waals surface area (Å²) in [5.74, 6) is 1.33. The van der Waals surface area contributed by atoms with Crippen LogP contribution in [0.25, 0.3) is 0 Å². The van der Waals surface area contributed by atoms with Crippen molar-refractivity contribution in [3.63, 3.8) is 0 Å². The van der Waals surface area contributed by atoms with E-state index >= 15 is 0 Å². The van der Waals surface area contributed by atoms with Crippen molar-refractivity contribution in [1.29, 1.82) is 0 Å². The van der Waals surface area contributed by atoms with E-state index in [1.807, 2.05) is 30.3 Å². The first-order valence-electron chi connectivity index (χ1n) is 8.09. The molecule has 1 aliphatic heterocycles. The first kappa shape index (κ1) is 16.2. The monoisotopic (exact) mass is 326 g/mol. The molecule has 3 rings (SSSR count). The quantitative estimate of drug-likeness (QED) is 0.877. The maximum Gasteiger partial charge on any atom is 0.267 e. The number of rotatable bonds is 4. The Morgan fingerprint density at radius 1 is 1.17 bits per heavy atom. The summed E-state index contributed by atoms with van der Waals surface area (Å²) in [6.45, 7) is 2.46. The molecule has 1 amide bonds. The molecular formula is C19H22N2O3. The van der Waals surface area contributed by atoms with Gasteiger partial charge in [-0.3, -0.25) is 4.79 Å². The molecule has 1 atom stereocenters. The van der Waals surface area contributed by atoms with E-state index in [4.69, 9.17) is 15.2 Å². The van der Waals surface area contributed by atoms with Crippen LogP contribution in [0.3, 0.4) is 0 Å². The summed E-state index contributed by atoms with van der Waals surface area (Å²) in [6.07, 6.45) is 1.23. The lowest BCUT2D eigenvalue weighted by Gasteiger charge is -2.32. The number of ether oxygens (including phenoxy) is 2. The molecule has 2 aromatic carbocycles. The second-order valence-electron chi connectivity index (χ2n) is 5.87. The van der Waals surface area contributed by atoms with Gasteiger partial charge in [0.15, 0.2) is 6.10 Å². The Morgan fingerprint density at radius 3 is 2.58 bits per heavy atom. The lowest BCUT2D eigenvalue weighted by atomic mass is 9.99. The molecule has 5 heteroatoms. The van der Waals surface area contributed by atoms with Crippen LogP contribution < -0.4 is 20.1 Å². The van der Waals surface area contributed by atoms with E-state index in [1.165, 1.54) is 0 Å². The summed E-state index contributed by atoms with van der Waals surface area (Å²) in [6, 6.07) is 12.9. The molecule has 1 aliphatic rings. The number of methoxy groups -OCH3 is 1. The van der Waals surface area contributed by atoms with E-state index < -0.39 is 6.10 Å². The molecule has 0 spiro atoms. The van der Waals surface area contributed by atoms with Gasteiger partial charge in [0.05, 0.1) is 7.11 Å². The highest BCUT2D eigenvalue weighted by Gasteiger charge is 2.28. The Morgan fingerprint density at radius 2 is 1.88 bits per heavy atom. The molecule has 0 aliphatic carbocycles. The van der Waals surface area contributed by atoms with Crippen LogP contribution in [0.15, 0.2) is 42.5 Å². The van der Waals surface area contributed by atoms with Crippen LogP contribution in [0.2, 0.25) is 0 Å². The van der Waals surface area contributed by atoms with Gasteiger partial charge in [0.2, 0.25) is 0 Å². The topological polar surface area (TPSA) is 64.8 Å². The maximum absolute atomic E-state index is 12.8. The van der Waals surface area contributed by atoms with Gasteiger partial charge in [0.1, 0.15) is 11.5 Å². The van der Waals surface area contributed by atoms with Crippen LogP contribution in [-0.2, 0) is 11.2 Å². The number of carbonyl (C=O) groups excluding carboxylic acids is 1. The fourth-order valence-corrected chi connectivity index (χ4v) is 3.01. The molecular weight excluding hydrogens is 304 g/mol. The molecule has 126 valence electrons. The summed E-state index contributed by atoms with van der Waals surface area (Å²) in [5, 5.41) is 0. The number of nitrogen functional groups attached to an aromatic ring is 1. The van der Waals surface area contributed by atoms with E-state index in [0.29, 0.717) is 12.3 Å². The number of benzene rings is 2. The zero-order valence-corrected chi connectivity index (χ0v) is 14.0. The fourth-order valence-electron chi connectivity index (χ4n) is 3.01. The van der Waals surface area contributed by atoms with Gasteiger partial charge in [0, 0.05) is 17.9 Å². The average molecular weight is 326 g/mol. The van der Waals surface area contributed by atoms with Crippen LogP contribution in [-0.4, -0.2) is 25.7 Å². The standard InChI is InChI=1S/C19H22N2O3/c1-13(24-15-10-8-14(23-2)9-11-15)19(22)21-12-4-5-16-17(20)6-3-7-18(16)21/h3,6-11,13H,4-5,12,20H2,1-2H3. The van der Waals surface area contributed by atoms with E-state index in [2.05, 4.69) is 0 Å². The summed E-state index contributed by atoms with van der Waals surface area (Å²) >= 11 is 0. The number of anilines is 2. The molecule has 1 unspecified atom stereocenters. The molecule has 0 bridgehead atoms. The van der Waals surface area contributed by atoms with Gasteiger partial charge < -0.3 is 20.1 Å². The zero-order chi connectivity index (χ0) is 17.1. The van der Waals surface area contributed by atoms with Gasteiger partial charge >= 0.3 is 0 Å². The third-order valence-corrected chi connectivity index (χ3v) is 4.27. The summed E-state index contributed by atoms with van der Waals surface area (Å²) in [5.41, 5.74) is 8.74. The molecule has 5 nitrogen and oxygen atoms in total. The van der Waals surface area contributed by atoms with Crippen molar-refractivity contribution in [1.82, 2.24) is 0 Å². The van der Waals surface area contributed by atoms with Crippen molar-refractivity contribution in [2.24, 2.45) is 0 Å². The molecule has 0 radical (unpaired) electrons. The largest absolute Gasteiger partial charge is 0.497 e. The Bertz CT molecular complexity index is 728. The summed E-state index contributed by atoms with van der Waals surface area (Å²) < 4.78 is 10.9. The van der Waals surface area contributed by atoms with Crippen molar-refractivity contribution >= 4 is 17.3 Å². The van der Waals surface area contributed by atoms with E-state index in [0.717, 1.165) is 35.5 Å². The van der Waals surface area contributed by atoms with Crippen LogP contribution in [0.1, 0.15) is 18.9 Å². The minimum Gasteiger partial charge on any atom is -0.497 e.